The average Bonchev–Trinajstić information content (AvgIpc) is 3.25. The number of amides is 1. The van der Waals surface area contributed by atoms with Crippen LogP contribution in [0.15, 0.2) is 18.3 Å². The van der Waals surface area contributed by atoms with Crippen molar-refractivity contribution in [3.05, 3.63) is 33.9 Å². The molecule has 0 radical (unpaired) electrons. The maximum Gasteiger partial charge on any atom is 0.225 e. The van der Waals surface area contributed by atoms with Gasteiger partial charge in [0, 0.05) is 18.1 Å². The number of carbonyl (C=O) groups excluding carboxylic acids is 1. The van der Waals surface area contributed by atoms with Gasteiger partial charge in [-0.05, 0) is 44.2 Å². The van der Waals surface area contributed by atoms with E-state index in [2.05, 4.69) is 15.6 Å². The Bertz CT molecular complexity index is 1390. The average molecular weight is 561 g/mol. The molecule has 10 nitrogen and oxygen atoms in total. The minimum atomic E-state index is -1.17. The van der Waals surface area contributed by atoms with E-state index in [-0.39, 0.29) is 34.5 Å². The molecule has 1 aliphatic carbocycles. The number of imidazole rings is 1. The van der Waals surface area contributed by atoms with Crippen LogP contribution >= 0.6 is 23.2 Å². The summed E-state index contributed by atoms with van der Waals surface area (Å²) in [6, 6.07) is 4.54. The van der Waals surface area contributed by atoms with Crippen molar-refractivity contribution in [2.75, 3.05) is 23.8 Å². The van der Waals surface area contributed by atoms with Crippen LogP contribution in [0.3, 0.4) is 0 Å². The molecule has 5 rings (SSSR count). The SMILES string of the molecule is C[C@]1(C(N)=O)CC[C@H](n2c(Nc3c(Cl)cc(C#N)cc3Cl)nc3cnc(N[C@H]4CCOC[C@H]4F)nc32)CC1. The highest BCUT2D eigenvalue weighted by Gasteiger charge is 2.38. The van der Waals surface area contributed by atoms with Gasteiger partial charge in [0.05, 0.1) is 46.2 Å². The van der Waals surface area contributed by atoms with E-state index in [0.717, 1.165) is 0 Å². The summed E-state index contributed by atoms with van der Waals surface area (Å²) in [7, 11) is 0. The molecule has 0 bridgehead atoms. The summed E-state index contributed by atoms with van der Waals surface area (Å²) in [4.78, 5) is 25.8. The van der Waals surface area contributed by atoms with Gasteiger partial charge in [0.25, 0.3) is 0 Å². The van der Waals surface area contributed by atoms with Crippen LogP contribution in [-0.4, -0.2) is 50.9 Å². The number of benzene rings is 1. The summed E-state index contributed by atoms with van der Waals surface area (Å²) in [5.41, 5.74) is 6.88. The molecular formula is C25H27Cl2FN8O2. The Morgan fingerprint density at radius 3 is 2.61 bits per heavy atom. The predicted molar refractivity (Wildman–Crippen MR) is 142 cm³/mol. The smallest absolute Gasteiger partial charge is 0.225 e. The number of carbonyl (C=O) groups is 1. The number of nitrogens with one attached hydrogen (secondary N) is 2. The number of rotatable bonds is 6. The quantitative estimate of drug-likeness (QED) is 0.386. The Morgan fingerprint density at radius 1 is 1.26 bits per heavy atom. The molecule has 1 saturated carbocycles. The molecule has 200 valence electrons. The predicted octanol–water partition coefficient (Wildman–Crippen LogP) is 4.89. The van der Waals surface area contributed by atoms with E-state index in [9.17, 15) is 14.4 Å². The lowest BCUT2D eigenvalue weighted by atomic mass is 9.73. The molecule has 1 aromatic carbocycles. The van der Waals surface area contributed by atoms with Crippen molar-refractivity contribution >= 4 is 57.9 Å². The van der Waals surface area contributed by atoms with Gasteiger partial charge in [-0.3, -0.25) is 9.36 Å². The van der Waals surface area contributed by atoms with Gasteiger partial charge < -0.3 is 21.1 Å². The number of nitrogens with two attached hydrogens (primary N) is 1. The van der Waals surface area contributed by atoms with Gasteiger partial charge in [0.1, 0.15) is 11.7 Å². The lowest BCUT2D eigenvalue weighted by molar-refractivity contribution is -0.128. The molecule has 2 fully saturated rings. The molecule has 1 aliphatic heterocycles. The Labute approximate surface area is 228 Å². The van der Waals surface area contributed by atoms with Crippen molar-refractivity contribution in [1.29, 1.82) is 5.26 Å². The van der Waals surface area contributed by atoms with Crippen LogP contribution in [0.1, 0.15) is 50.6 Å². The molecule has 2 aliphatic rings. The largest absolute Gasteiger partial charge is 0.378 e. The van der Waals surface area contributed by atoms with Crippen LogP contribution in [0.25, 0.3) is 11.2 Å². The molecule has 2 aromatic heterocycles. The van der Waals surface area contributed by atoms with E-state index in [1.807, 2.05) is 17.6 Å². The van der Waals surface area contributed by atoms with Gasteiger partial charge in [-0.15, -0.1) is 0 Å². The molecule has 2 atom stereocenters. The van der Waals surface area contributed by atoms with E-state index in [1.165, 1.54) is 12.1 Å². The van der Waals surface area contributed by atoms with Crippen LogP contribution in [0.4, 0.5) is 22.0 Å². The number of alkyl halides is 1. The van der Waals surface area contributed by atoms with Crippen molar-refractivity contribution in [1.82, 2.24) is 19.5 Å². The zero-order valence-corrected chi connectivity index (χ0v) is 22.2. The molecule has 4 N–H and O–H groups in total. The number of aromatic nitrogens is 4. The molecular weight excluding hydrogens is 534 g/mol. The van der Waals surface area contributed by atoms with E-state index >= 15 is 0 Å². The maximum atomic E-state index is 14.4. The number of primary amides is 1. The summed E-state index contributed by atoms with van der Waals surface area (Å²) >= 11 is 12.9. The van der Waals surface area contributed by atoms with Crippen LogP contribution < -0.4 is 16.4 Å². The molecule has 38 heavy (non-hydrogen) atoms. The second-order valence-electron chi connectivity index (χ2n) is 10.0. The second-order valence-corrected chi connectivity index (χ2v) is 10.9. The Hall–Kier alpha value is -3.20. The Morgan fingerprint density at radius 2 is 1.97 bits per heavy atom. The van der Waals surface area contributed by atoms with Gasteiger partial charge in [0.15, 0.2) is 5.65 Å². The minimum absolute atomic E-state index is 0.0265. The number of halogens is 3. The van der Waals surface area contributed by atoms with Crippen LogP contribution in [0, 0.1) is 16.7 Å². The molecule has 1 amide bonds. The fraction of sp³-hybridized carbons (Fsp3) is 0.480. The summed E-state index contributed by atoms with van der Waals surface area (Å²) < 4.78 is 21.5. The van der Waals surface area contributed by atoms with E-state index in [0.29, 0.717) is 67.1 Å². The van der Waals surface area contributed by atoms with Gasteiger partial charge in [-0.25, -0.2) is 14.4 Å². The first-order valence-electron chi connectivity index (χ1n) is 12.4. The van der Waals surface area contributed by atoms with E-state index in [4.69, 9.17) is 43.6 Å². The van der Waals surface area contributed by atoms with Crippen LogP contribution in [-0.2, 0) is 9.53 Å². The summed E-state index contributed by atoms with van der Waals surface area (Å²) in [6.45, 7) is 2.37. The Kier molecular flexibility index (Phi) is 7.31. The third kappa shape index (κ3) is 5.08. The standard InChI is InChI=1S/C25H27Cl2FN8O2/c1-25(22(30)37)5-2-14(3-6-25)36-21-19(11-31-23(35-21)32-18-4-7-38-12-17(18)28)33-24(36)34-20-15(26)8-13(10-29)9-16(20)27/h8-9,11,14,17-18H,2-7,12H2,1H3,(H2,30,37)(H,33,34)(H,31,32,35)/t14-,17-,18+,25-/m1/s1. The third-order valence-corrected chi connectivity index (χ3v) is 8.06. The van der Waals surface area contributed by atoms with E-state index < -0.39 is 17.6 Å². The van der Waals surface area contributed by atoms with Crippen molar-refractivity contribution in [2.24, 2.45) is 11.1 Å². The fourth-order valence-corrected chi connectivity index (χ4v) is 5.62. The highest BCUT2D eigenvalue weighted by molar-refractivity contribution is 6.39. The van der Waals surface area contributed by atoms with Crippen molar-refractivity contribution in [3.63, 3.8) is 0 Å². The number of nitrogens with zero attached hydrogens (tertiary/aromatic N) is 5. The number of ether oxygens (including phenoxy) is 1. The molecule has 0 unspecified atom stereocenters. The highest BCUT2D eigenvalue weighted by Crippen LogP contribution is 2.43. The molecule has 3 aromatic rings. The first-order chi connectivity index (χ1) is 18.2. The third-order valence-electron chi connectivity index (χ3n) is 7.46. The molecule has 13 heteroatoms. The second kappa shape index (κ2) is 10.5. The van der Waals surface area contributed by atoms with E-state index in [1.54, 1.807) is 6.20 Å². The number of hydrogen-bond donors (Lipinski definition) is 3. The normalized spacial score (nSPS) is 25.6. The van der Waals surface area contributed by atoms with Crippen molar-refractivity contribution in [3.8, 4) is 6.07 Å². The van der Waals surface area contributed by atoms with Gasteiger partial charge >= 0.3 is 0 Å². The fourth-order valence-electron chi connectivity index (χ4n) is 5.04. The molecule has 0 spiro atoms. The van der Waals surface area contributed by atoms with Gasteiger partial charge in [0.2, 0.25) is 17.8 Å². The van der Waals surface area contributed by atoms with Gasteiger partial charge in [-0.2, -0.15) is 10.2 Å². The Balaban J connectivity index is 1.54. The summed E-state index contributed by atoms with van der Waals surface area (Å²) in [5, 5.41) is 16.1. The lowest BCUT2D eigenvalue weighted by Crippen LogP contribution is -2.39. The first kappa shape index (κ1) is 26.4. The molecule has 1 saturated heterocycles. The maximum absolute atomic E-state index is 14.4. The van der Waals surface area contributed by atoms with Crippen LogP contribution in [0.2, 0.25) is 10.0 Å². The molecule has 3 heterocycles. The van der Waals surface area contributed by atoms with Crippen LogP contribution in [0.5, 0.6) is 0 Å². The summed E-state index contributed by atoms with van der Waals surface area (Å²) in [5.74, 6) is 0.404. The van der Waals surface area contributed by atoms with Gasteiger partial charge in [-0.1, -0.05) is 30.1 Å². The zero-order chi connectivity index (χ0) is 27.0. The topological polar surface area (TPSA) is 144 Å². The van der Waals surface area contributed by atoms with Crippen molar-refractivity contribution < 1.29 is 13.9 Å². The van der Waals surface area contributed by atoms with Crippen molar-refractivity contribution in [2.45, 2.75) is 57.3 Å². The number of anilines is 3. The highest BCUT2D eigenvalue weighted by atomic mass is 35.5. The zero-order valence-electron chi connectivity index (χ0n) is 20.7. The monoisotopic (exact) mass is 560 g/mol. The first-order valence-corrected chi connectivity index (χ1v) is 13.1. The lowest BCUT2D eigenvalue weighted by Gasteiger charge is -2.35. The minimum Gasteiger partial charge on any atom is -0.378 e. The number of nitriles is 1. The number of fused-ring (bicyclic) bond motifs is 1. The number of hydrogen-bond acceptors (Lipinski definition) is 8. The summed E-state index contributed by atoms with van der Waals surface area (Å²) in [6.07, 6.45) is 3.44.